The van der Waals surface area contributed by atoms with Crippen molar-refractivity contribution in [2.75, 3.05) is 19.1 Å². The Bertz CT molecular complexity index is 1140. The molecule has 0 aliphatic rings. The minimum absolute atomic E-state index is 0.315. The number of rotatable bonds is 5. The van der Waals surface area contributed by atoms with Crippen LogP contribution in [0.3, 0.4) is 0 Å². The Labute approximate surface area is 170 Å². The molecule has 7 heteroatoms. The number of halogens is 1. The van der Waals surface area contributed by atoms with E-state index in [-0.39, 0.29) is 11.7 Å². The molecule has 3 aromatic carbocycles. The van der Waals surface area contributed by atoms with Crippen molar-refractivity contribution in [3.05, 3.63) is 78.1 Å². The molecule has 4 rings (SSSR count). The van der Waals surface area contributed by atoms with Gasteiger partial charge >= 0.3 is 0 Å². The highest BCUT2D eigenvalue weighted by Gasteiger charge is 2.27. The number of anilines is 2. The molecule has 0 aliphatic carbocycles. The van der Waals surface area contributed by atoms with Crippen molar-refractivity contribution in [3.8, 4) is 11.5 Å². The molecule has 0 saturated carbocycles. The van der Waals surface area contributed by atoms with E-state index in [2.05, 4.69) is 4.98 Å². The fourth-order valence-electron chi connectivity index (χ4n) is 3.04. The normalized spacial score (nSPS) is 10.7. The molecule has 0 aliphatic heterocycles. The van der Waals surface area contributed by atoms with Crippen LogP contribution >= 0.6 is 11.3 Å². The highest BCUT2D eigenvalue weighted by Crippen LogP contribution is 2.38. The summed E-state index contributed by atoms with van der Waals surface area (Å²) in [6.45, 7) is 0. The molecule has 0 atom stereocenters. The Hall–Kier alpha value is -3.45. The van der Waals surface area contributed by atoms with Crippen molar-refractivity contribution < 1.29 is 18.7 Å². The van der Waals surface area contributed by atoms with E-state index in [1.54, 1.807) is 30.3 Å². The average molecular weight is 408 g/mol. The van der Waals surface area contributed by atoms with Gasteiger partial charge in [0.2, 0.25) is 0 Å². The Morgan fingerprint density at radius 1 is 0.966 bits per heavy atom. The van der Waals surface area contributed by atoms with Gasteiger partial charge in [-0.25, -0.2) is 9.37 Å². The number of fused-ring (bicyclic) bond motifs is 1. The Kier molecular flexibility index (Phi) is 5.14. The first-order valence-corrected chi connectivity index (χ1v) is 9.60. The molecule has 0 saturated heterocycles. The summed E-state index contributed by atoms with van der Waals surface area (Å²) < 4.78 is 25.2. The molecule has 0 bridgehead atoms. The summed E-state index contributed by atoms with van der Waals surface area (Å²) in [7, 11) is 2.99. The number of para-hydroxylation sites is 2. The van der Waals surface area contributed by atoms with Gasteiger partial charge in [-0.1, -0.05) is 29.5 Å². The van der Waals surface area contributed by atoms with E-state index in [1.165, 1.54) is 42.6 Å². The Morgan fingerprint density at radius 2 is 1.72 bits per heavy atom. The van der Waals surface area contributed by atoms with Gasteiger partial charge in [0.1, 0.15) is 5.82 Å². The topological polar surface area (TPSA) is 51.7 Å². The van der Waals surface area contributed by atoms with E-state index in [4.69, 9.17) is 9.47 Å². The largest absolute Gasteiger partial charge is 0.493 e. The van der Waals surface area contributed by atoms with Crippen LogP contribution in [0.15, 0.2) is 66.7 Å². The number of benzene rings is 3. The van der Waals surface area contributed by atoms with Gasteiger partial charge in [0.15, 0.2) is 16.6 Å². The lowest BCUT2D eigenvalue weighted by Crippen LogP contribution is -2.26. The third-order valence-corrected chi connectivity index (χ3v) is 5.42. The summed E-state index contributed by atoms with van der Waals surface area (Å²) >= 11 is 1.38. The summed E-state index contributed by atoms with van der Waals surface area (Å²) in [5.74, 6) is 0.0331. The fourth-order valence-corrected chi connectivity index (χ4v) is 4.02. The Balaban J connectivity index is 1.89. The minimum Gasteiger partial charge on any atom is -0.493 e. The van der Waals surface area contributed by atoms with E-state index in [9.17, 15) is 9.18 Å². The van der Waals surface area contributed by atoms with Gasteiger partial charge in [-0.15, -0.1) is 0 Å². The summed E-state index contributed by atoms with van der Waals surface area (Å²) in [4.78, 5) is 19.7. The van der Waals surface area contributed by atoms with Gasteiger partial charge in [0.05, 0.1) is 35.7 Å². The zero-order valence-corrected chi connectivity index (χ0v) is 16.6. The van der Waals surface area contributed by atoms with Gasteiger partial charge in [-0.2, -0.15) is 0 Å². The maximum atomic E-state index is 13.6. The summed E-state index contributed by atoms with van der Waals surface area (Å²) in [5, 5.41) is 0.479. The van der Waals surface area contributed by atoms with Crippen molar-refractivity contribution in [3.63, 3.8) is 0 Å². The summed E-state index contributed by atoms with van der Waals surface area (Å²) in [6.07, 6.45) is 0. The predicted octanol–water partition coefficient (Wildman–Crippen LogP) is 5.43. The minimum atomic E-state index is -0.385. The van der Waals surface area contributed by atoms with Crippen LogP contribution in [0.25, 0.3) is 10.2 Å². The van der Waals surface area contributed by atoms with E-state index in [1.807, 2.05) is 24.3 Å². The van der Waals surface area contributed by atoms with E-state index in [0.717, 1.165) is 10.2 Å². The smallest absolute Gasteiger partial charge is 0.268 e. The van der Waals surface area contributed by atoms with Crippen LogP contribution in [0, 0.1) is 5.82 Å². The lowest BCUT2D eigenvalue weighted by Gasteiger charge is -2.21. The molecular formula is C22H17FN2O3S. The van der Waals surface area contributed by atoms with Crippen LogP contribution in [-0.2, 0) is 0 Å². The van der Waals surface area contributed by atoms with Gasteiger partial charge in [-0.05, 0) is 48.5 Å². The third kappa shape index (κ3) is 3.52. The maximum absolute atomic E-state index is 13.6. The first-order chi connectivity index (χ1) is 14.1. The van der Waals surface area contributed by atoms with Gasteiger partial charge in [0, 0.05) is 0 Å². The first kappa shape index (κ1) is 18.9. The molecule has 0 spiro atoms. The molecule has 0 unspecified atom stereocenters. The maximum Gasteiger partial charge on any atom is 0.268 e. The highest BCUT2D eigenvalue weighted by molar-refractivity contribution is 7.22. The highest BCUT2D eigenvalue weighted by atomic mass is 32.1. The van der Waals surface area contributed by atoms with Crippen LogP contribution < -0.4 is 14.4 Å². The lowest BCUT2D eigenvalue weighted by molar-refractivity contribution is 0.0995. The molecule has 0 radical (unpaired) electrons. The summed E-state index contributed by atoms with van der Waals surface area (Å²) in [5.41, 5.74) is 1.60. The number of amides is 1. The van der Waals surface area contributed by atoms with Crippen molar-refractivity contribution in [1.29, 1.82) is 0 Å². The quantitative estimate of drug-likeness (QED) is 0.442. The lowest BCUT2D eigenvalue weighted by atomic mass is 10.1. The van der Waals surface area contributed by atoms with Gasteiger partial charge in [0.25, 0.3) is 5.91 Å². The second-order valence-electron chi connectivity index (χ2n) is 6.12. The second-order valence-corrected chi connectivity index (χ2v) is 7.13. The first-order valence-electron chi connectivity index (χ1n) is 8.79. The molecule has 0 fully saturated rings. The SMILES string of the molecule is COc1cccc(C(=O)N(c2ccc(F)cc2)c2nc3ccccc3s2)c1OC. The molecule has 146 valence electrons. The standard InChI is InChI=1S/C22H17FN2O3S/c1-27-18-8-5-6-16(20(18)28-2)21(26)25(15-12-10-14(23)11-13-15)22-24-17-7-3-4-9-19(17)29-22/h3-13H,1-2H3. The van der Waals surface area contributed by atoms with Crippen molar-refractivity contribution in [2.45, 2.75) is 0 Å². The number of hydrogen-bond acceptors (Lipinski definition) is 5. The number of methoxy groups -OCH3 is 2. The zero-order valence-electron chi connectivity index (χ0n) is 15.8. The van der Waals surface area contributed by atoms with Crippen LogP contribution in [-0.4, -0.2) is 25.1 Å². The predicted molar refractivity (Wildman–Crippen MR) is 112 cm³/mol. The molecule has 1 amide bonds. The summed E-state index contributed by atoms with van der Waals surface area (Å²) in [6, 6.07) is 18.4. The van der Waals surface area contributed by atoms with Crippen molar-refractivity contribution in [2.24, 2.45) is 0 Å². The van der Waals surface area contributed by atoms with Crippen LogP contribution in [0.1, 0.15) is 10.4 Å². The number of hydrogen-bond donors (Lipinski definition) is 0. The molecule has 4 aromatic rings. The average Bonchev–Trinajstić information content (AvgIpc) is 3.18. The second kappa shape index (κ2) is 7.89. The number of carbonyl (C=O) groups excluding carboxylic acids is 1. The monoisotopic (exact) mass is 408 g/mol. The van der Waals surface area contributed by atoms with Crippen LogP contribution in [0.5, 0.6) is 11.5 Å². The molecule has 1 heterocycles. The van der Waals surface area contributed by atoms with E-state index < -0.39 is 0 Å². The molecule has 5 nitrogen and oxygen atoms in total. The van der Waals surface area contributed by atoms with Crippen molar-refractivity contribution in [1.82, 2.24) is 4.98 Å². The van der Waals surface area contributed by atoms with Crippen LogP contribution in [0.2, 0.25) is 0 Å². The van der Waals surface area contributed by atoms with Crippen molar-refractivity contribution >= 4 is 38.3 Å². The zero-order chi connectivity index (χ0) is 20.4. The number of carbonyl (C=O) groups is 1. The van der Waals surface area contributed by atoms with Gasteiger partial charge < -0.3 is 9.47 Å². The fraction of sp³-hybridized carbons (Fsp3) is 0.0909. The van der Waals surface area contributed by atoms with Gasteiger partial charge in [-0.3, -0.25) is 9.69 Å². The third-order valence-electron chi connectivity index (χ3n) is 4.40. The van der Waals surface area contributed by atoms with E-state index in [0.29, 0.717) is 27.9 Å². The number of aromatic nitrogens is 1. The Morgan fingerprint density at radius 3 is 2.41 bits per heavy atom. The molecule has 0 N–H and O–H groups in total. The number of thiazole rings is 1. The molecule has 1 aromatic heterocycles. The molecule has 29 heavy (non-hydrogen) atoms. The van der Waals surface area contributed by atoms with Crippen LogP contribution in [0.4, 0.5) is 15.2 Å². The number of ether oxygens (including phenoxy) is 2. The number of nitrogens with zero attached hydrogens (tertiary/aromatic N) is 2. The van der Waals surface area contributed by atoms with E-state index >= 15 is 0 Å². The molecular weight excluding hydrogens is 391 g/mol.